The van der Waals surface area contributed by atoms with Crippen molar-refractivity contribution in [2.45, 2.75) is 25.7 Å². The first kappa shape index (κ1) is 12.0. The van der Waals surface area contributed by atoms with Gasteiger partial charge in [-0.1, -0.05) is 5.16 Å². The van der Waals surface area contributed by atoms with Crippen LogP contribution >= 0.6 is 11.8 Å². The van der Waals surface area contributed by atoms with E-state index < -0.39 is 0 Å². The van der Waals surface area contributed by atoms with Gasteiger partial charge >= 0.3 is 0 Å². The molecule has 0 aromatic heterocycles. The molecule has 3 N–H and O–H groups in total. The number of nitrogens with zero attached hydrogens (tertiary/aromatic N) is 2. The monoisotopic (exact) mass is 243 g/mol. The smallest absolute Gasteiger partial charge is 0.139 e. The summed E-state index contributed by atoms with van der Waals surface area (Å²) in [6, 6.07) is 0. The predicted octanol–water partition coefficient (Wildman–Crippen LogP) is 1.34. The van der Waals surface area contributed by atoms with Gasteiger partial charge < -0.3 is 15.8 Å². The highest BCUT2D eigenvalue weighted by atomic mass is 32.2. The van der Waals surface area contributed by atoms with E-state index in [1.54, 1.807) is 0 Å². The second kappa shape index (κ2) is 5.27. The highest BCUT2D eigenvalue weighted by Gasteiger charge is 2.44. The maximum atomic E-state index is 8.62. The van der Waals surface area contributed by atoms with Crippen LogP contribution in [0.3, 0.4) is 0 Å². The first-order chi connectivity index (χ1) is 7.74. The average Bonchev–Trinajstić information content (AvgIpc) is 3.05. The van der Waals surface area contributed by atoms with Crippen molar-refractivity contribution in [3.63, 3.8) is 0 Å². The van der Waals surface area contributed by atoms with Gasteiger partial charge in [-0.15, -0.1) is 0 Å². The SMILES string of the molecule is NC(CC1(CN2CCCSCC2)CC1)=NO. The lowest BCUT2D eigenvalue weighted by Crippen LogP contribution is -2.34. The molecule has 0 bridgehead atoms. The summed E-state index contributed by atoms with van der Waals surface area (Å²) in [6.45, 7) is 3.54. The minimum Gasteiger partial charge on any atom is -0.409 e. The lowest BCUT2D eigenvalue weighted by atomic mass is 10.0. The van der Waals surface area contributed by atoms with Gasteiger partial charge in [-0.2, -0.15) is 11.8 Å². The quantitative estimate of drug-likeness (QED) is 0.338. The van der Waals surface area contributed by atoms with E-state index in [0.29, 0.717) is 11.3 Å². The third kappa shape index (κ3) is 3.28. The number of amidine groups is 1. The molecule has 1 saturated heterocycles. The zero-order chi connectivity index (χ0) is 11.4. The molecule has 2 fully saturated rings. The Morgan fingerprint density at radius 1 is 1.38 bits per heavy atom. The van der Waals surface area contributed by atoms with Crippen molar-refractivity contribution in [2.24, 2.45) is 16.3 Å². The number of hydrogen-bond donors (Lipinski definition) is 2. The molecule has 1 aliphatic heterocycles. The standard InChI is InChI=1S/C11H21N3OS/c12-10(13-15)8-11(2-3-11)9-14-4-1-6-16-7-5-14/h15H,1-9H2,(H2,12,13). The normalized spacial score (nSPS) is 26.4. The van der Waals surface area contributed by atoms with E-state index in [1.807, 2.05) is 0 Å². The molecule has 1 heterocycles. The van der Waals surface area contributed by atoms with Crippen LogP contribution < -0.4 is 5.73 Å². The summed E-state index contributed by atoms with van der Waals surface area (Å²) in [5.74, 6) is 2.94. The van der Waals surface area contributed by atoms with Crippen molar-refractivity contribution in [1.29, 1.82) is 0 Å². The van der Waals surface area contributed by atoms with Gasteiger partial charge in [-0.05, 0) is 37.0 Å². The minimum absolute atomic E-state index is 0.325. The second-order valence-corrected chi connectivity index (χ2v) is 6.23. The van der Waals surface area contributed by atoms with Gasteiger partial charge in [0.05, 0.1) is 0 Å². The van der Waals surface area contributed by atoms with Crippen LogP contribution in [-0.4, -0.2) is 47.1 Å². The molecule has 0 atom stereocenters. The summed E-state index contributed by atoms with van der Waals surface area (Å²) in [7, 11) is 0. The average molecular weight is 243 g/mol. The van der Waals surface area contributed by atoms with Gasteiger partial charge in [0.15, 0.2) is 0 Å². The topological polar surface area (TPSA) is 61.8 Å². The van der Waals surface area contributed by atoms with E-state index in [-0.39, 0.29) is 0 Å². The van der Waals surface area contributed by atoms with Gasteiger partial charge in [0, 0.05) is 25.3 Å². The predicted molar refractivity (Wildman–Crippen MR) is 68.1 cm³/mol. The second-order valence-electron chi connectivity index (χ2n) is 5.01. The molecule has 0 radical (unpaired) electrons. The Balaban J connectivity index is 1.83. The fourth-order valence-electron chi connectivity index (χ4n) is 2.42. The van der Waals surface area contributed by atoms with E-state index in [4.69, 9.17) is 10.9 Å². The highest BCUT2D eigenvalue weighted by molar-refractivity contribution is 7.99. The van der Waals surface area contributed by atoms with E-state index in [0.717, 1.165) is 13.0 Å². The van der Waals surface area contributed by atoms with E-state index in [9.17, 15) is 0 Å². The molecule has 0 amide bonds. The summed E-state index contributed by atoms with van der Waals surface area (Å²) in [6.07, 6.45) is 4.51. The number of thioether (sulfide) groups is 1. The lowest BCUT2D eigenvalue weighted by molar-refractivity contribution is 0.235. The Morgan fingerprint density at radius 2 is 2.19 bits per heavy atom. The van der Waals surface area contributed by atoms with Crippen LogP contribution in [0.4, 0.5) is 0 Å². The molecule has 0 unspecified atom stereocenters. The van der Waals surface area contributed by atoms with Crippen LogP contribution in [0.1, 0.15) is 25.7 Å². The van der Waals surface area contributed by atoms with Crippen molar-refractivity contribution < 1.29 is 5.21 Å². The van der Waals surface area contributed by atoms with Crippen molar-refractivity contribution >= 4 is 17.6 Å². The molecule has 1 aliphatic carbocycles. The van der Waals surface area contributed by atoms with Crippen molar-refractivity contribution in [3.8, 4) is 0 Å². The van der Waals surface area contributed by atoms with Gasteiger partial charge in [0.2, 0.25) is 0 Å². The first-order valence-electron chi connectivity index (χ1n) is 6.01. The third-order valence-corrected chi connectivity index (χ3v) is 4.56. The number of nitrogens with two attached hydrogens (primary N) is 1. The van der Waals surface area contributed by atoms with E-state index in [2.05, 4.69) is 21.8 Å². The molecule has 1 saturated carbocycles. The molecule has 4 nitrogen and oxygen atoms in total. The maximum absolute atomic E-state index is 8.62. The fourth-order valence-corrected chi connectivity index (χ4v) is 3.34. The molecule has 16 heavy (non-hydrogen) atoms. The Kier molecular flexibility index (Phi) is 3.97. The number of rotatable bonds is 4. The van der Waals surface area contributed by atoms with Gasteiger partial charge in [-0.3, -0.25) is 0 Å². The third-order valence-electron chi connectivity index (χ3n) is 3.52. The molecular formula is C11H21N3OS. The maximum Gasteiger partial charge on any atom is 0.139 e. The lowest BCUT2D eigenvalue weighted by Gasteiger charge is -2.25. The Bertz CT molecular complexity index is 258. The van der Waals surface area contributed by atoms with E-state index >= 15 is 0 Å². The van der Waals surface area contributed by atoms with Gasteiger partial charge in [0.25, 0.3) is 0 Å². The molecule has 92 valence electrons. The first-order valence-corrected chi connectivity index (χ1v) is 7.16. The molecule has 0 aromatic carbocycles. The molecule has 2 aliphatic rings. The van der Waals surface area contributed by atoms with Crippen LogP contribution in [0.25, 0.3) is 0 Å². The Morgan fingerprint density at radius 3 is 2.88 bits per heavy atom. The molecule has 5 heteroatoms. The van der Waals surface area contributed by atoms with Crippen molar-refractivity contribution in [1.82, 2.24) is 4.90 Å². The summed E-state index contributed by atoms with van der Waals surface area (Å²) >= 11 is 2.05. The number of hydrogen-bond acceptors (Lipinski definition) is 4. The van der Waals surface area contributed by atoms with Gasteiger partial charge in [0.1, 0.15) is 5.84 Å². The zero-order valence-corrected chi connectivity index (χ0v) is 10.5. The molecule has 0 aromatic rings. The van der Waals surface area contributed by atoms with Crippen LogP contribution in [0.2, 0.25) is 0 Å². The minimum atomic E-state index is 0.325. The van der Waals surface area contributed by atoms with Crippen LogP contribution in [0.15, 0.2) is 5.16 Å². The van der Waals surface area contributed by atoms with Crippen molar-refractivity contribution in [2.75, 3.05) is 31.1 Å². The largest absolute Gasteiger partial charge is 0.409 e. The number of oxime groups is 1. The molecular weight excluding hydrogens is 222 g/mol. The van der Waals surface area contributed by atoms with Crippen molar-refractivity contribution in [3.05, 3.63) is 0 Å². The summed E-state index contributed by atoms with van der Waals surface area (Å²) in [5.41, 5.74) is 5.94. The Labute approximate surface area is 101 Å². The molecule has 2 rings (SSSR count). The molecule has 0 spiro atoms. The highest BCUT2D eigenvalue weighted by Crippen LogP contribution is 2.49. The summed E-state index contributed by atoms with van der Waals surface area (Å²) in [5, 5.41) is 11.7. The van der Waals surface area contributed by atoms with Crippen LogP contribution in [0.5, 0.6) is 0 Å². The fraction of sp³-hybridized carbons (Fsp3) is 0.909. The Hall–Kier alpha value is -0.420. The summed E-state index contributed by atoms with van der Waals surface area (Å²) < 4.78 is 0. The zero-order valence-electron chi connectivity index (χ0n) is 9.69. The summed E-state index contributed by atoms with van der Waals surface area (Å²) in [4.78, 5) is 2.55. The van der Waals surface area contributed by atoms with Crippen LogP contribution in [0, 0.1) is 5.41 Å². The van der Waals surface area contributed by atoms with Gasteiger partial charge in [-0.25, -0.2) is 0 Å². The van der Waals surface area contributed by atoms with E-state index in [1.165, 1.54) is 43.9 Å². The van der Waals surface area contributed by atoms with Crippen LogP contribution in [-0.2, 0) is 0 Å².